The number of methoxy groups -OCH3 is 1. The average molecular weight is 430 g/mol. The molecule has 1 aliphatic rings. The molecule has 168 valence electrons. The summed E-state index contributed by atoms with van der Waals surface area (Å²) in [5.74, 6) is 0.663. The maximum Gasteiger partial charge on any atom is 0.356 e. The molecule has 2 aromatic rings. The number of carbonyl (C=O) groups excluding carboxylic acids is 2. The van der Waals surface area contributed by atoms with E-state index in [1.165, 1.54) is 7.11 Å². The molecule has 2 heterocycles. The Bertz CT molecular complexity index is 926. The number of hydrogen-bond donors (Lipinski definition) is 0. The van der Waals surface area contributed by atoms with Crippen LogP contribution >= 0.6 is 0 Å². The summed E-state index contributed by atoms with van der Waals surface area (Å²) in [6.07, 6.45) is 4.52. The van der Waals surface area contributed by atoms with Crippen LogP contribution in [0.2, 0.25) is 0 Å². The molecule has 0 amide bonds. The van der Waals surface area contributed by atoms with Crippen molar-refractivity contribution in [2.45, 2.75) is 71.9 Å². The Labute approximate surface area is 182 Å². The smallest absolute Gasteiger partial charge is 0.356 e. The first kappa shape index (κ1) is 22.8. The van der Waals surface area contributed by atoms with Crippen molar-refractivity contribution in [1.29, 1.82) is 0 Å². The quantitative estimate of drug-likeness (QED) is 0.643. The summed E-state index contributed by atoms with van der Waals surface area (Å²) in [6.45, 7) is 8.16. The third-order valence-electron chi connectivity index (χ3n) is 5.32. The minimum absolute atomic E-state index is 0.113. The summed E-state index contributed by atoms with van der Waals surface area (Å²) < 4.78 is 10.2. The minimum atomic E-state index is -0.500. The van der Waals surface area contributed by atoms with Crippen molar-refractivity contribution in [3.05, 3.63) is 23.5 Å². The standard InChI is InChI=1S/C22H31N5O4/c1-14-10-17(12-18(23-14)21(29)30-5)20-24-26-27(25-20)13-16-8-6-15(7-9-16)11-19(28)31-22(2,3)4/h10,12,15-16H,6-9,11,13H2,1-5H3. The van der Waals surface area contributed by atoms with Crippen LogP contribution in [0.4, 0.5) is 0 Å². The molecular weight excluding hydrogens is 398 g/mol. The van der Waals surface area contributed by atoms with Crippen molar-refractivity contribution in [2.24, 2.45) is 11.8 Å². The Balaban J connectivity index is 1.55. The molecule has 0 atom stereocenters. The molecule has 0 unspecified atom stereocenters. The van der Waals surface area contributed by atoms with Gasteiger partial charge in [-0.15, -0.1) is 10.2 Å². The first-order valence-corrected chi connectivity index (χ1v) is 10.7. The molecule has 1 saturated carbocycles. The number of pyridine rings is 1. The Kier molecular flexibility index (Phi) is 7.02. The van der Waals surface area contributed by atoms with E-state index in [2.05, 4.69) is 20.4 Å². The zero-order chi connectivity index (χ0) is 22.6. The summed E-state index contributed by atoms with van der Waals surface area (Å²) in [6, 6.07) is 3.43. The molecule has 0 saturated heterocycles. The molecule has 0 bridgehead atoms. The van der Waals surface area contributed by atoms with E-state index in [4.69, 9.17) is 9.47 Å². The molecule has 1 aliphatic carbocycles. The zero-order valence-corrected chi connectivity index (χ0v) is 18.9. The summed E-state index contributed by atoms with van der Waals surface area (Å²) >= 11 is 0. The second kappa shape index (κ2) is 9.53. The maximum absolute atomic E-state index is 12.1. The molecule has 9 heteroatoms. The number of hydrogen-bond acceptors (Lipinski definition) is 8. The van der Waals surface area contributed by atoms with Crippen molar-refractivity contribution in [3.63, 3.8) is 0 Å². The van der Waals surface area contributed by atoms with Crippen LogP contribution in [0.5, 0.6) is 0 Å². The van der Waals surface area contributed by atoms with E-state index in [-0.39, 0.29) is 11.7 Å². The van der Waals surface area contributed by atoms with Crippen LogP contribution in [-0.4, -0.2) is 49.8 Å². The van der Waals surface area contributed by atoms with Crippen LogP contribution in [0.15, 0.2) is 12.1 Å². The zero-order valence-electron chi connectivity index (χ0n) is 18.9. The van der Waals surface area contributed by atoms with Gasteiger partial charge >= 0.3 is 11.9 Å². The Hall–Kier alpha value is -2.84. The Morgan fingerprint density at radius 2 is 1.81 bits per heavy atom. The van der Waals surface area contributed by atoms with Gasteiger partial charge in [0.15, 0.2) is 0 Å². The lowest BCUT2D eigenvalue weighted by Gasteiger charge is -2.28. The fourth-order valence-electron chi connectivity index (χ4n) is 3.91. The molecule has 0 aliphatic heterocycles. The second-order valence-corrected chi connectivity index (χ2v) is 9.22. The van der Waals surface area contributed by atoms with E-state index in [9.17, 15) is 9.59 Å². The molecule has 0 N–H and O–H groups in total. The van der Waals surface area contributed by atoms with Gasteiger partial charge in [0.2, 0.25) is 5.82 Å². The summed E-state index contributed by atoms with van der Waals surface area (Å²) in [4.78, 5) is 29.7. The highest BCUT2D eigenvalue weighted by molar-refractivity contribution is 5.88. The van der Waals surface area contributed by atoms with E-state index in [1.54, 1.807) is 17.8 Å². The van der Waals surface area contributed by atoms with Crippen LogP contribution < -0.4 is 0 Å². The highest BCUT2D eigenvalue weighted by atomic mass is 16.6. The van der Waals surface area contributed by atoms with Crippen molar-refractivity contribution in [3.8, 4) is 11.4 Å². The lowest BCUT2D eigenvalue weighted by atomic mass is 9.80. The van der Waals surface area contributed by atoms with E-state index < -0.39 is 11.6 Å². The fourth-order valence-corrected chi connectivity index (χ4v) is 3.91. The molecule has 31 heavy (non-hydrogen) atoms. The van der Waals surface area contributed by atoms with Gasteiger partial charge in [-0.1, -0.05) is 0 Å². The predicted molar refractivity (Wildman–Crippen MR) is 113 cm³/mol. The summed E-state index contributed by atoms with van der Waals surface area (Å²) in [5.41, 5.74) is 1.14. The van der Waals surface area contributed by atoms with Crippen molar-refractivity contribution in [1.82, 2.24) is 25.2 Å². The van der Waals surface area contributed by atoms with Gasteiger partial charge in [0, 0.05) is 17.7 Å². The normalized spacial score (nSPS) is 19.1. The molecule has 1 fully saturated rings. The van der Waals surface area contributed by atoms with Gasteiger partial charge < -0.3 is 9.47 Å². The van der Waals surface area contributed by atoms with E-state index in [1.807, 2.05) is 26.8 Å². The number of tetrazole rings is 1. The van der Waals surface area contributed by atoms with Crippen LogP contribution in [0.3, 0.4) is 0 Å². The maximum atomic E-state index is 12.1. The van der Waals surface area contributed by atoms with Gasteiger partial charge in [0.1, 0.15) is 11.3 Å². The predicted octanol–water partition coefficient (Wildman–Crippen LogP) is 3.37. The molecule has 0 spiro atoms. The fraction of sp³-hybridized carbons (Fsp3) is 0.636. The molecule has 0 aromatic carbocycles. The van der Waals surface area contributed by atoms with Gasteiger partial charge in [-0.25, -0.2) is 9.78 Å². The molecule has 2 aromatic heterocycles. The van der Waals surface area contributed by atoms with Gasteiger partial charge in [-0.2, -0.15) is 4.80 Å². The molecule has 3 rings (SSSR count). The van der Waals surface area contributed by atoms with E-state index in [0.29, 0.717) is 41.9 Å². The lowest BCUT2D eigenvalue weighted by Crippen LogP contribution is -2.27. The first-order chi connectivity index (χ1) is 14.6. The monoisotopic (exact) mass is 429 g/mol. The van der Waals surface area contributed by atoms with E-state index in [0.717, 1.165) is 25.7 Å². The second-order valence-electron chi connectivity index (χ2n) is 9.22. The van der Waals surface area contributed by atoms with Crippen molar-refractivity contribution < 1.29 is 19.1 Å². The van der Waals surface area contributed by atoms with Crippen LogP contribution in [0.1, 0.15) is 69.1 Å². The number of aromatic nitrogens is 5. The van der Waals surface area contributed by atoms with Gasteiger partial charge in [0.25, 0.3) is 0 Å². The highest BCUT2D eigenvalue weighted by Crippen LogP contribution is 2.32. The van der Waals surface area contributed by atoms with E-state index >= 15 is 0 Å². The number of ether oxygens (including phenoxy) is 2. The molecular formula is C22H31N5O4. The first-order valence-electron chi connectivity index (χ1n) is 10.7. The summed E-state index contributed by atoms with van der Waals surface area (Å²) in [5, 5.41) is 12.8. The van der Waals surface area contributed by atoms with Gasteiger partial charge in [-0.3, -0.25) is 4.79 Å². The topological polar surface area (TPSA) is 109 Å². The van der Waals surface area contributed by atoms with Gasteiger partial charge in [-0.05, 0) is 82.6 Å². The number of aryl methyl sites for hydroxylation is 1. The van der Waals surface area contributed by atoms with Gasteiger partial charge in [0.05, 0.1) is 13.7 Å². The number of carbonyl (C=O) groups is 2. The Morgan fingerprint density at radius 3 is 2.45 bits per heavy atom. The lowest BCUT2D eigenvalue weighted by molar-refractivity contribution is -0.156. The average Bonchev–Trinajstić information content (AvgIpc) is 3.15. The number of rotatable bonds is 6. The Morgan fingerprint density at radius 1 is 1.13 bits per heavy atom. The van der Waals surface area contributed by atoms with Crippen molar-refractivity contribution >= 4 is 11.9 Å². The van der Waals surface area contributed by atoms with Crippen LogP contribution in [0, 0.1) is 18.8 Å². The van der Waals surface area contributed by atoms with Crippen LogP contribution in [-0.2, 0) is 20.8 Å². The SMILES string of the molecule is COC(=O)c1cc(-c2nnn(CC3CCC(CC(=O)OC(C)(C)C)CC3)n2)cc(C)n1. The number of nitrogens with zero attached hydrogens (tertiary/aromatic N) is 5. The molecule has 9 nitrogen and oxygen atoms in total. The summed E-state index contributed by atoms with van der Waals surface area (Å²) in [7, 11) is 1.32. The molecule has 0 radical (unpaired) electrons. The van der Waals surface area contributed by atoms with Crippen LogP contribution in [0.25, 0.3) is 11.4 Å². The highest BCUT2D eigenvalue weighted by Gasteiger charge is 2.26. The minimum Gasteiger partial charge on any atom is -0.464 e. The third kappa shape index (κ3) is 6.57. The largest absolute Gasteiger partial charge is 0.464 e. The third-order valence-corrected chi connectivity index (χ3v) is 5.32. The van der Waals surface area contributed by atoms with Crippen molar-refractivity contribution in [2.75, 3.05) is 7.11 Å². The number of esters is 2.